The van der Waals surface area contributed by atoms with E-state index in [0.29, 0.717) is 12.3 Å². The van der Waals surface area contributed by atoms with Crippen molar-refractivity contribution in [3.8, 4) is 0 Å². The molecule has 14 heavy (non-hydrogen) atoms. The van der Waals surface area contributed by atoms with E-state index in [9.17, 15) is 4.79 Å². The number of carbonyl (C=O) groups is 1. The number of rotatable bonds is 5. The molecule has 1 rings (SSSR count). The van der Waals surface area contributed by atoms with Gasteiger partial charge >= 0.3 is 6.21 Å². The second-order valence-electron chi connectivity index (χ2n) is 4.18. The third-order valence-electron chi connectivity index (χ3n) is 2.26. The first-order valence-corrected chi connectivity index (χ1v) is 4.83. The van der Waals surface area contributed by atoms with Crippen LogP contribution >= 0.6 is 0 Å². The van der Waals surface area contributed by atoms with Crippen molar-refractivity contribution in [2.75, 3.05) is 19.6 Å². The SMILES string of the molecule is C[C](C)CN1CC(CC(=O)C=[N+]=[N-])C1. The Morgan fingerprint density at radius 2 is 2.21 bits per heavy atom. The highest BCUT2D eigenvalue weighted by Crippen LogP contribution is 2.20. The van der Waals surface area contributed by atoms with Gasteiger partial charge in [0.1, 0.15) is 0 Å². The molecule has 0 bridgehead atoms. The number of ketones is 1. The molecule has 4 nitrogen and oxygen atoms in total. The van der Waals surface area contributed by atoms with Crippen molar-refractivity contribution in [3.05, 3.63) is 11.4 Å². The molecule has 0 unspecified atom stereocenters. The molecule has 0 saturated carbocycles. The Morgan fingerprint density at radius 1 is 1.57 bits per heavy atom. The van der Waals surface area contributed by atoms with E-state index in [0.717, 1.165) is 25.8 Å². The number of Topliss-reactive ketones (excluding diaryl/α,β-unsaturated/α-hetero) is 1. The fourth-order valence-electron chi connectivity index (χ4n) is 1.78. The Balaban J connectivity index is 2.15. The minimum atomic E-state index is -0.0886. The molecule has 0 aromatic carbocycles. The zero-order valence-electron chi connectivity index (χ0n) is 8.73. The lowest BCUT2D eigenvalue weighted by molar-refractivity contribution is -0.118. The summed E-state index contributed by atoms with van der Waals surface area (Å²) < 4.78 is 0. The van der Waals surface area contributed by atoms with Crippen molar-refractivity contribution in [1.82, 2.24) is 4.90 Å². The Labute approximate surface area is 84.5 Å². The summed E-state index contributed by atoms with van der Waals surface area (Å²) in [6, 6.07) is 0. The molecule has 4 heteroatoms. The molecule has 77 valence electrons. The van der Waals surface area contributed by atoms with Crippen LogP contribution < -0.4 is 0 Å². The smallest absolute Gasteiger partial charge is 0.323 e. The van der Waals surface area contributed by atoms with Crippen LogP contribution in [0.25, 0.3) is 5.53 Å². The van der Waals surface area contributed by atoms with Gasteiger partial charge in [-0.25, -0.2) is 0 Å². The lowest BCUT2D eigenvalue weighted by Gasteiger charge is -2.39. The van der Waals surface area contributed by atoms with Crippen molar-refractivity contribution in [3.63, 3.8) is 0 Å². The predicted octanol–water partition coefficient (Wildman–Crippen LogP) is 0.792. The Hall–Kier alpha value is -0.990. The Kier molecular flexibility index (Phi) is 3.98. The fourth-order valence-corrected chi connectivity index (χ4v) is 1.78. The van der Waals surface area contributed by atoms with E-state index in [1.165, 1.54) is 5.92 Å². The van der Waals surface area contributed by atoms with Gasteiger partial charge in [-0.15, -0.1) is 0 Å². The van der Waals surface area contributed by atoms with Crippen LogP contribution in [0.1, 0.15) is 20.3 Å². The highest BCUT2D eigenvalue weighted by atomic mass is 16.1. The highest BCUT2D eigenvalue weighted by Gasteiger charge is 2.28. The van der Waals surface area contributed by atoms with E-state index >= 15 is 0 Å². The molecule has 0 aromatic rings. The third-order valence-corrected chi connectivity index (χ3v) is 2.26. The molecular formula is C10H16N3O. The van der Waals surface area contributed by atoms with E-state index < -0.39 is 0 Å². The lowest BCUT2D eigenvalue weighted by Crippen LogP contribution is -2.48. The van der Waals surface area contributed by atoms with E-state index in [-0.39, 0.29) is 5.78 Å². The highest BCUT2D eigenvalue weighted by molar-refractivity contribution is 6.25. The lowest BCUT2D eigenvalue weighted by atomic mass is 9.93. The third kappa shape index (κ3) is 3.40. The summed E-state index contributed by atoms with van der Waals surface area (Å²) in [6.07, 6.45) is 1.49. The van der Waals surface area contributed by atoms with Gasteiger partial charge in [0, 0.05) is 26.1 Å². The van der Waals surface area contributed by atoms with Crippen molar-refractivity contribution >= 4 is 12.0 Å². The number of hydrogen-bond donors (Lipinski definition) is 0. The normalized spacial score (nSPS) is 17.6. The first-order valence-electron chi connectivity index (χ1n) is 4.83. The van der Waals surface area contributed by atoms with Crippen molar-refractivity contribution in [2.45, 2.75) is 20.3 Å². The van der Waals surface area contributed by atoms with Gasteiger partial charge in [0.2, 0.25) is 5.78 Å². The predicted molar refractivity (Wildman–Crippen MR) is 53.8 cm³/mol. The van der Waals surface area contributed by atoms with Crippen molar-refractivity contribution < 1.29 is 9.58 Å². The van der Waals surface area contributed by atoms with E-state index in [2.05, 4.69) is 23.5 Å². The van der Waals surface area contributed by atoms with Gasteiger partial charge in [0.05, 0.1) is 0 Å². The Morgan fingerprint density at radius 3 is 2.71 bits per heavy atom. The van der Waals surface area contributed by atoms with Crippen LogP contribution in [-0.2, 0) is 4.79 Å². The van der Waals surface area contributed by atoms with Gasteiger partial charge < -0.3 is 10.4 Å². The minimum absolute atomic E-state index is 0.0886. The fraction of sp³-hybridized carbons (Fsp3) is 0.700. The van der Waals surface area contributed by atoms with Crippen LogP contribution in [0.2, 0.25) is 0 Å². The average Bonchev–Trinajstić information content (AvgIpc) is 2.00. The molecule has 0 spiro atoms. The average molecular weight is 194 g/mol. The molecule has 1 heterocycles. The van der Waals surface area contributed by atoms with E-state index in [1.54, 1.807) is 0 Å². The molecule has 1 radical (unpaired) electrons. The van der Waals surface area contributed by atoms with Gasteiger partial charge in [0.15, 0.2) is 0 Å². The summed E-state index contributed by atoms with van der Waals surface area (Å²) >= 11 is 0. The summed E-state index contributed by atoms with van der Waals surface area (Å²) in [5, 5.41) is 0. The standard InChI is InChI=1S/C10H16N3O/c1-8(2)5-13-6-9(7-13)3-10(14)4-12-11/h4,9H,3,5-7H2,1-2H3. The first kappa shape index (κ1) is 11.1. The Bertz CT molecular complexity index is 250. The van der Waals surface area contributed by atoms with Gasteiger partial charge in [-0.05, 0) is 11.8 Å². The zero-order valence-corrected chi connectivity index (χ0v) is 8.73. The first-order chi connectivity index (χ1) is 6.61. The van der Waals surface area contributed by atoms with Crippen molar-refractivity contribution in [2.24, 2.45) is 5.92 Å². The summed E-state index contributed by atoms with van der Waals surface area (Å²) in [5.41, 5.74) is 8.15. The molecule has 0 aliphatic carbocycles. The number of hydrogen-bond acceptors (Lipinski definition) is 2. The van der Waals surface area contributed by atoms with Crippen LogP contribution in [0.3, 0.4) is 0 Å². The molecule has 1 aliphatic rings. The van der Waals surface area contributed by atoms with E-state index in [4.69, 9.17) is 5.53 Å². The largest absolute Gasteiger partial charge is 0.361 e. The second-order valence-corrected chi connectivity index (χ2v) is 4.18. The van der Waals surface area contributed by atoms with E-state index in [1.807, 2.05) is 0 Å². The van der Waals surface area contributed by atoms with Crippen LogP contribution in [0.4, 0.5) is 0 Å². The summed E-state index contributed by atoms with van der Waals surface area (Å²) in [5.74, 6) is 1.75. The maximum atomic E-state index is 11.0. The maximum absolute atomic E-state index is 11.0. The number of likely N-dealkylation sites (tertiary alicyclic amines) is 1. The van der Waals surface area contributed by atoms with Gasteiger partial charge in [-0.1, -0.05) is 13.8 Å². The minimum Gasteiger partial charge on any atom is -0.361 e. The van der Waals surface area contributed by atoms with Gasteiger partial charge in [-0.3, -0.25) is 4.79 Å². The van der Waals surface area contributed by atoms with Crippen LogP contribution in [0.15, 0.2) is 0 Å². The molecule has 1 aliphatic heterocycles. The topological polar surface area (TPSA) is 56.7 Å². The maximum Gasteiger partial charge on any atom is 0.323 e. The summed E-state index contributed by atoms with van der Waals surface area (Å²) in [7, 11) is 0. The second kappa shape index (κ2) is 5.03. The number of nitrogens with zero attached hydrogens (tertiary/aromatic N) is 3. The van der Waals surface area contributed by atoms with Crippen LogP contribution in [0.5, 0.6) is 0 Å². The summed E-state index contributed by atoms with van der Waals surface area (Å²) in [4.78, 5) is 16.1. The summed E-state index contributed by atoms with van der Waals surface area (Å²) in [6.45, 7) is 7.21. The molecule has 0 amide bonds. The molecule has 0 aromatic heterocycles. The van der Waals surface area contributed by atoms with Gasteiger partial charge in [0.25, 0.3) is 0 Å². The van der Waals surface area contributed by atoms with Crippen LogP contribution in [-0.4, -0.2) is 41.3 Å². The molecule has 0 atom stereocenters. The van der Waals surface area contributed by atoms with Crippen LogP contribution in [0, 0.1) is 11.8 Å². The molecule has 0 N–H and O–H groups in total. The van der Waals surface area contributed by atoms with Gasteiger partial charge in [-0.2, -0.15) is 4.79 Å². The molecule has 1 saturated heterocycles. The zero-order chi connectivity index (χ0) is 10.6. The monoisotopic (exact) mass is 194 g/mol. The quantitative estimate of drug-likeness (QED) is 0.369. The van der Waals surface area contributed by atoms with Crippen molar-refractivity contribution in [1.29, 1.82) is 0 Å². The molecule has 1 fully saturated rings. The number of carbonyl (C=O) groups excluding carboxylic acids is 1. The molecular weight excluding hydrogens is 178 g/mol.